The normalized spacial score (nSPS) is 12.3. The van der Waals surface area contributed by atoms with Gasteiger partial charge in [-0.25, -0.2) is 4.98 Å². The summed E-state index contributed by atoms with van der Waals surface area (Å²) in [6, 6.07) is 7.76. The summed E-state index contributed by atoms with van der Waals surface area (Å²) in [5, 5.41) is 3.47. The van der Waals surface area contributed by atoms with E-state index >= 15 is 0 Å². The molecule has 0 aliphatic heterocycles. The van der Waals surface area contributed by atoms with Crippen molar-refractivity contribution in [3.8, 4) is 5.75 Å². The quantitative estimate of drug-likeness (QED) is 0.531. The van der Waals surface area contributed by atoms with Crippen LogP contribution in [-0.2, 0) is 16.0 Å². The highest BCUT2D eigenvalue weighted by Crippen LogP contribution is 2.27. The number of methoxy groups -OCH3 is 1. The van der Waals surface area contributed by atoms with E-state index in [9.17, 15) is 4.79 Å². The molecule has 0 saturated carbocycles. The van der Waals surface area contributed by atoms with E-state index in [0.29, 0.717) is 12.2 Å². The first-order valence-corrected chi connectivity index (χ1v) is 10.9. The van der Waals surface area contributed by atoms with Gasteiger partial charge < -0.3 is 20.5 Å². The molecule has 0 aliphatic carbocycles. The van der Waals surface area contributed by atoms with Crippen LogP contribution in [0.1, 0.15) is 70.2 Å². The van der Waals surface area contributed by atoms with E-state index in [1.165, 1.54) is 0 Å². The number of aryl methyl sites for hydroxylation is 1. The second-order valence-corrected chi connectivity index (χ2v) is 8.76. The molecule has 31 heavy (non-hydrogen) atoms. The van der Waals surface area contributed by atoms with Crippen LogP contribution in [0, 0.1) is 6.92 Å². The minimum Gasteiger partial charge on any atom is -0.496 e. The van der Waals surface area contributed by atoms with Gasteiger partial charge in [-0.05, 0) is 45.7 Å². The van der Waals surface area contributed by atoms with Crippen LogP contribution in [0.3, 0.4) is 0 Å². The molecule has 7 nitrogen and oxygen atoms in total. The van der Waals surface area contributed by atoms with E-state index in [1.54, 1.807) is 7.11 Å². The molecule has 1 aromatic carbocycles. The van der Waals surface area contributed by atoms with Crippen LogP contribution >= 0.6 is 0 Å². The van der Waals surface area contributed by atoms with Crippen LogP contribution in [0.5, 0.6) is 5.75 Å². The molecule has 0 radical (unpaired) electrons. The van der Waals surface area contributed by atoms with Crippen molar-refractivity contribution < 1.29 is 14.3 Å². The van der Waals surface area contributed by atoms with E-state index in [4.69, 9.17) is 15.2 Å². The van der Waals surface area contributed by atoms with Gasteiger partial charge in [0.05, 0.1) is 13.5 Å². The first-order chi connectivity index (χ1) is 14.6. The fourth-order valence-electron chi connectivity index (χ4n) is 3.44. The second-order valence-electron chi connectivity index (χ2n) is 8.76. The Morgan fingerprint density at radius 3 is 2.58 bits per heavy atom. The molecule has 3 N–H and O–H groups in total. The number of anilines is 2. The van der Waals surface area contributed by atoms with Gasteiger partial charge in [0.15, 0.2) is 0 Å². The molecule has 0 fully saturated rings. The number of aromatic nitrogens is 2. The Bertz CT molecular complexity index is 878. The molecule has 1 heterocycles. The van der Waals surface area contributed by atoms with Crippen LogP contribution in [0.2, 0.25) is 0 Å². The minimum atomic E-state index is -0.517. The molecular formula is C24H36N4O3. The number of ether oxygens (including phenoxy) is 2. The second kappa shape index (κ2) is 11.0. The van der Waals surface area contributed by atoms with Crippen LogP contribution in [0.4, 0.5) is 11.8 Å². The number of para-hydroxylation sites is 1. The summed E-state index contributed by atoms with van der Waals surface area (Å²) in [5.41, 5.74) is 8.21. The lowest BCUT2D eigenvalue weighted by Crippen LogP contribution is -2.30. The number of nitrogens with zero attached hydrogens (tertiary/aromatic N) is 2. The lowest BCUT2D eigenvalue weighted by Gasteiger charge is -2.24. The maximum Gasteiger partial charge on any atom is 0.308 e. The highest BCUT2D eigenvalue weighted by atomic mass is 16.6. The summed E-state index contributed by atoms with van der Waals surface area (Å²) in [6.45, 7) is 9.67. The Kier molecular flexibility index (Phi) is 8.65. The van der Waals surface area contributed by atoms with E-state index < -0.39 is 5.60 Å². The highest BCUT2D eigenvalue weighted by Gasteiger charge is 2.22. The van der Waals surface area contributed by atoms with Crippen LogP contribution in [-0.4, -0.2) is 34.7 Å². The Morgan fingerprint density at radius 1 is 1.23 bits per heavy atom. The molecule has 0 bridgehead atoms. The molecule has 2 aromatic rings. The van der Waals surface area contributed by atoms with Crippen molar-refractivity contribution >= 4 is 17.7 Å². The third-order valence-corrected chi connectivity index (χ3v) is 4.87. The van der Waals surface area contributed by atoms with Crippen molar-refractivity contribution in [2.75, 3.05) is 18.2 Å². The standard InChI is InChI=1S/C24H36N4O3/c1-7-8-12-18(15-21(29)31-24(3,4)5)27-22-19(16(2)26-23(25)28-22)14-17-11-9-10-13-20(17)30-6/h9-11,13,18H,7-8,12,14-15H2,1-6H3,(H3,25,26,27,28)/t18-/m0/s1. The Labute approximate surface area is 185 Å². The van der Waals surface area contributed by atoms with Crippen LogP contribution < -0.4 is 15.8 Å². The first-order valence-electron chi connectivity index (χ1n) is 10.9. The van der Waals surface area contributed by atoms with Crippen molar-refractivity contribution in [1.29, 1.82) is 0 Å². The van der Waals surface area contributed by atoms with E-state index in [1.807, 2.05) is 52.0 Å². The number of nitrogens with one attached hydrogen (secondary N) is 1. The molecular weight excluding hydrogens is 392 g/mol. The number of esters is 1. The van der Waals surface area contributed by atoms with E-state index in [0.717, 1.165) is 41.8 Å². The van der Waals surface area contributed by atoms with Gasteiger partial charge in [0.2, 0.25) is 5.95 Å². The SMILES string of the molecule is CCCC[C@@H](CC(=O)OC(C)(C)C)Nc1nc(N)nc(C)c1Cc1ccccc1OC. The number of carbonyl (C=O) groups excluding carboxylic acids is 1. The van der Waals surface area contributed by atoms with Gasteiger partial charge in [-0.2, -0.15) is 4.98 Å². The van der Waals surface area contributed by atoms with Crippen molar-refractivity contribution in [3.63, 3.8) is 0 Å². The number of hydrogen-bond donors (Lipinski definition) is 2. The van der Waals surface area contributed by atoms with Gasteiger partial charge in [-0.15, -0.1) is 0 Å². The summed E-state index contributed by atoms with van der Waals surface area (Å²) >= 11 is 0. The summed E-state index contributed by atoms with van der Waals surface area (Å²) in [5.74, 6) is 1.43. The smallest absolute Gasteiger partial charge is 0.308 e. The molecule has 1 aromatic heterocycles. The van der Waals surface area contributed by atoms with E-state index in [2.05, 4.69) is 22.2 Å². The summed E-state index contributed by atoms with van der Waals surface area (Å²) in [6.07, 6.45) is 3.69. The zero-order valence-electron chi connectivity index (χ0n) is 19.6. The topological polar surface area (TPSA) is 99.4 Å². The first kappa shape index (κ1) is 24.4. The summed E-state index contributed by atoms with van der Waals surface area (Å²) in [4.78, 5) is 21.3. The van der Waals surface area contributed by atoms with Gasteiger partial charge in [0.25, 0.3) is 0 Å². The van der Waals surface area contributed by atoms with Gasteiger partial charge in [-0.1, -0.05) is 38.0 Å². The fourth-order valence-corrected chi connectivity index (χ4v) is 3.44. The maximum absolute atomic E-state index is 12.5. The Balaban J connectivity index is 2.32. The Hall–Kier alpha value is -2.83. The third-order valence-electron chi connectivity index (χ3n) is 4.87. The van der Waals surface area contributed by atoms with Crippen molar-refractivity contribution in [3.05, 3.63) is 41.1 Å². The molecule has 170 valence electrons. The summed E-state index contributed by atoms with van der Waals surface area (Å²) in [7, 11) is 1.66. The number of carbonyl (C=O) groups is 1. The summed E-state index contributed by atoms with van der Waals surface area (Å²) < 4.78 is 11.0. The van der Waals surface area contributed by atoms with E-state index in [-0.39, 0.29) is 24.4 Å². The number of benzene rings is 1. The van der Waals surface area contributed by atoms with Crippen molar-refractivity contribution in [1.82, 2.24) is 9.97 Å². The predicted molar refractivity (Wildman–Crippen MR) is 124 cm³/mol. The molecule has 1 atom stereocenters. The lowest BCUT2D eigenvalue weighted by molar-refractivity contribution is -0.155. The number of nitrogens with two attached hydrogens (primary N) is 1. The molecule has 0 amide bonds. The van der Waals surface area contributed by atoms with Gasteiger partial charge >= 0.3 is 5.97 Å². The molecule has 0 spiro atoms. The monoisotopic (exact) mass is 428 g/mol. The van der Waals surface area contributed by atoms with Gasteiger partial charge in [0.1, 0.15) is 17.2 Å². The molecule has 0 saturated heterocycles. The number of unbranched alkanes of at least 4 members (excludes halogenated alkanes) is 1. The number of nitrogen functional groups attached to an aromatic ring is 1. The largest absolute Gasteiger partial charge is 0.496 e. The molecule has 0 aliphatic rings. The maximum atomic E-state index is 12.5. The van der Waals surface area contributed by atoms with Crippen molar-refractivity contribution in [2.24, 2.45) is 0 Å². The van der Waals surface area contributed by atoms with Crippen LogP contribution in [0.25, 0.3) is 0 Å². The third kappa shape index (κ3) is 7.74. The molecule has 7 heteroatoms. The zero-order chi connectivity index (χ0) is 23.0. The Morgan fingerprint density at radius 2 is 1.94 bits per heavy atom. The zero-order valence-corrected chi connectivity index (χ0v) is 19.6. The average molecular weight is 429 g/mol. The average Bonchev–Trinajstić information content (AvgIpc) is 2.67. The van der Waals surface area contributed by atoms with Crippen LogP contribution in [0.15, 0.2) is 24.3 Å². The fraction of sp³-hybridized carbons (Fsp3) is 0.542. The van der Waals surface area contributed by atoms with Gasteiger partial charge in [-0.3, -0.25) is 4.79 Å². The molecule has 2 rings (SSSR count). The molecule has 0 unspecified atom stereocenters. The highest BCUT2D eigenvalue weighted by molar-refractivity contribution is 5.71. The number of hydrogen-bond acceptors (Lipinski definition) is 7. The van der Waals surface area contributed by atoms with Crippen molar-refractivity contribution in [2.45, 2.75) is 78.4 Å². The lowest BCUT2D eigenvalue weighted by atomic mass is 10.0. The minimum absolute atomic E-state index is 0.111. The predicted octanol–water partition coefficient (Wildman–Crippen LogP) is 4.67. The van der Waals surface area contributed by atoms with Gasteiger partial charge in [0, 0.05) is 23.7 Å². The number of rotatable bonds is 10.